The predicted molar refractivity (Wildman–Crippen MR) is 226 cm³/mol. The molecule has 0 aliphatic rings. The lowest BCUT2D eigenvalue weighted by Crippen LogP contribution is -1.97. The Hall–Kier alpha value is -7.50. The van der Waals surface area contributed by atoms with E-state index >= 15 is 0 Å². The van der Waals surface area contributed by atoms with Crippen molar-refractivity contribution < 1.29 is 0 Å². The molecule has 11 aromatic rings. The zero-order valence-electron chi connectivity index (χ0n) is 29.6. The van der Waals surface area contributed by atoms with Crippen LogP contribution in [0.5, 0.6) is 0 Å². The molecule has 0 radical (unpaired) electrons. The lowest BCUT2D eigenvalue weighted by molar-refractivity contribution is 1.19. The normalized spacial score (nSPS) is 11.6. The molecule has 4 aromatic heterocycles. The van der Waals surface area contributed by atoms with E-state index < -0.39 is 0 Å². The number of nitrogens with zero attached hydrogens (tertiary/aromatic N) is 5. The van der Waals surface area contributed by atoms with E-state index in [2.05, 4.69) is 162 Å². The Bertz CT molecular complexity index is 3180. The standard InChI is InChI=1S/C50H31N5/c1-3-21-38-32(13-1)15-11-24-40(38)44-31-45(41-25-12-16-33-14-2-4-22-39(33)41)53-50(52-44)37-20-10-18-35(30-37)34-17-9-19-36(29-34)47-49-48(42-23-5-6-26-43(42)51-47)54-46-27-7-8-28-55(46)49/h1-31H. The molecule has 0 N–H and O–H groups in total. The van der Waals surface area contributed by atoms with Gasteiger partial charge in [-0.05, 0) is 69.1 Å². The van der Waals surface area contributed by atoms with Gasteiger partial charge in [-0.2, -0.15) is 0 Å². The molecule has 0 aliphatic carbocycles. The molecule has 11 rings (SSSR count). The van der Waals surface area contributed by atoms with E-state index in [1.54, 1.807) is 0 Å². The van der Waals surface area contributed by atoms with Crippen molar-refractivity contribution in [2.75, 3.05) is 0 Å². The number of para-hydroxylation sites is 1. The van der Waals surface area contributed by atoms with Gasteiger partial charge in [-0.15, -0.1) is 0 Å². The average Bonchev–Trinajstić information content (AvgIpc) is 3.66. The average molecular weight is 702 g/mol. The first-order chi connectivity index (χ1) is 27.2. The Morgan fingerprint density at radius 2 is 0.927 bits per heavy atom. The largest absolute Gasteiger partial charge is 0.298 e. The fraction of sp³-hybridized carbons (Fsp3) is 0. The van der Waals surface area contributed by atoms with Crippen LogP contribution in [0.25, 0.3) is 105 Å². The summed E-state index contributed by atoms with van der Waals surface area (Å²) in [5.41, 5.74) is 12.7. The van der Waals surface area contributed by atoms with E-state index in [0.717, 1.165) is 88.8 Å². The molecule has 0 unspecified atom stereocenters. The van der Waals surface area contributed by atoms with E-state index in [9.17, 15) is 0 Å². The SMILES string of the molecule is c1cc(-c2cccc(-c3nc4ccccc4c4nc5ccccn5c34)c2)cc(-c2nc(-c3cccc4ccccc34)cc(-c3cccc4ccccc34)n2)c1. The first-order valence-electron chi connectivity index (χ1n) is 18.5. The van der Waals surface area contributed by atoms with Gasteiger partial charge in [0.25, 0.3) is 0 Å². The summed E-state index contributed by atoms with van der Waals surface area (Å²) in [4.78, 5) is 20.9. The Balaban J connectivity index is 1.08. The first-order valence-corrected chi connectivity index (χ1v) is 18.5. The summed E-state index contributed by atoms with van der Waals surface area (Å²) in [6.45, 7) is 0. The third-order valence-corrected chi connectivity index (χ3v) is 10.6. The summed E-state index contributed by atoms with van der Waals surface area (Å²) in [5, 5.41) is 5.71. The summed E-state index contributed by atoms with van der Waals surface area (Å²) in [7, 11) is 0. The highest BCUT2D eigenvalue weighted by molar-refractivity contribution is 6.09. The van der Waals surface area contributed by atoms with Gasteiger partial charge in [0.1, 0.15) is 11.2 Å². The van der Waals surface area contributed by atoms with Gasteiger partial charge in [-0.3, -0.25) is 4.40 Å². The minimum absolute atomic E-state index is 0.676. The smallest absolute Gasteiger partial charge is 0.160 e. The van der Waals surface area contributed by atoms with Crippen molar-refractivity contribution in [2.24, 2.45) is 0 Å². The van der Waals surface area contributed by atoms with Crippen molar-refractivity contribution in [3.63, 3.8) is 0 Å². The number of rotatable bonds is 5. The molecule has 0 spiro atoms. The van der Waals surface area contributed by atoms with Crippen molar-refractivity contribution in [3.8, 4) is 56.3 Å². The monoisotopic (exact) mass is 701 g/mol. The van der Waals surface area contributed by atoms with E-state index in [1.165, 1.54) is 10.8 Å². The van der Waals surface area contributed by atoms with Crippen molar-refractivity contribution in [2.45, 2.75) is 0 Å². The molecular weight excluding hydrogens is 671 g/mol. The molecule has 55 heavy (non-hydrogen) atoms. The predicted octanol–water partition coefficient (Wildman–Crippen LogP) is 12.5. The second-order valence-electron chi connectivity index (χ2n) is 13.9. The zero-order chi connectivity index (χ0) is 36.3. The number of hydrogen-bond acceptors (Lipinski definition) is 4. The van der Waals surface area contributed by atoms with Crippen LogP contribution in [0, 0.1) is 0 Å². The second kappa shape index (κ2) is 12.6. The molecule has 7 aromatic carbocycles. The molecule has 0 saturated heterocycles. The molecular formula is C50H31N5. The number of imidazole rings is 1. The second-order valence-corrected chi connectivity index (χ2v) is 13.9. The van der Waals surface area contributed by atoms with Crippen LogP contribution < -0.4 is 0 Å². The van der Waals surface area contributed by atoms with Gasteiger partial charge in [0.2, 0.25) is 0 Å². The molecule has 0 fully saturated rings. The van der Waals surface area contributed by atoms with Crippen molar-refractivity contribution in [3.05, 3.63) is 188 Å². The minimum atomic E-state index is 0.676. The number of aromatic nitrogens is 5. The molecule has 0 atom stereocenters. The van der Waals surface area contributed by atoms with Crippen LogP contribution >= 0.6 is 0 Å². The Kier molecular flexibility index (Phi) is 7.10. The maximum Gasteiger partial charge on any atom is 0.160 e. The minimum Gasteiger partial charge on any atom is -0.298 e. The maximum atomic E-state index is 5.28. The van der Waals surface area contributed by atoms with E-state index in [4.69, 9.17) is 19.9 Å². The van der Waals surface area contributed by atoms with Crippen molar-refractivity contribution in [1.82, 2.24) is 24.3 Å². The lowest BCUT2D eigenvalue weighted by Gasteiger charge is -2.13. The topological polar surface area (TPSA) is 56.0 Å². The molecule has 5 heteroatoms. The van der Waals surface area contributed by atoms with Gasteiger partial charge in [-0.25, -0.2) is 19.9 Å². The molecule has 256 valence electrons. The third-order valence-electron chi connectivity index (χ3n) is 10.6. The highest BCUT2D eigenvalue weighted by Crippen LogP contribution is 2.37. The zero-order valence-corrected chi connectivity index (χ0v) is 29.6. The van der Waals surface area contributed by atoms with E-state index in [-0.39, 0.29) is 0 Å². The Morgan fingerprint density at radius 3 is 1.64 bits per heavy atom. The molecule has 0 saturated carbocycles. The Labute approximate surface area is 316 Å². The number of pyridine rings is 2. The quantitative estimate of drug-likeness (QED) is 0.179. The number of fused-ring (bicyclic) bond motifs is 7. The summed E-state index contributed by atoms with van der Waals surface area (Å²) < 4.78 is 2.14. The lowest BCUT2D eigenvalue weighted by atomic mass is 9.97. The summed E-state index contributed by atoms with van der Waals surface area (Å²) >= 11 is 0. The highest BCUT2D eigenvalue weighted by atomic mass is 15.0. The molecule has 0 aliphatic heterocycles. The molecule has 0 amide bonds. The third kappa shape index (κ3) is 5.24. The fourth-order valence-electron chi connectivity index (χ4n) is 7.99. The van der Waals surface area contributed by atoms with E-state index in [1.807, 2.05) is 30.3 Å². The van der Waals surface area contributed by atoms with Gasteiger partial charge in [0, 0.05) is 33.8 Å². The van der Waals surface area contributed by atoms with Crippen molar-refractivity contribution in [1.29, 1.82) is 0 Å². The molecule has 5 nitrogen and oxygen atoms in total. The van der Waals surface area contributed by atoms with Gasteiger partial charge in [0.05, 0.1) is 28.1 Å². The van der Waals surface area contributed by atoms with Crippen LogP contribution in [0.4, 0.5) is 0 Å². The van der Waals surface area contributed by atoms with Crippen LogP contribution in [0.1, 0.15) is 0 Å². The van der Waals surface area contributed by atoms with Crippen LogP contribution in [0.3, 0.4) is 0 Å². The van der Waals surface area contributed by atoms with Gasteiger partial charge in [-0.1, -0.05) is 146 Å². The Morgan fingerprint density at radius 1 is 0.382 bits per heavy atom. The van der Waals surface area contributed by atoms with Crippen LogP contribution in [0.2, 0.25) is 0 Å². The summed E-state index contributed by atoms with van der Waals surface area (Å²) in [6, 6.07) is 63.5. The van der Waals surface area contributed by atoms with Crippen LogP contribution in [0.15, 0.2) is 188 Å². The summed E-state index contributed by atoms with van der Waals surface area (Å²) in [6.07, 6.45) is 2.07. The van der Waals surface area contributed by atoms with Gasteiger partial charge in [0.15, 0.2) is 5.82 Å². The van der Waals surface area contributed by atoms with Crippen LogP contribution in [-0.4, -0.2) is 24.3 Å². The number of benzene rings is 7. The van der Waals surface area contributed by atoms with Gasteiger partial charge >= 0.3 is 0 Å². The van der Waals surface area contributed by atoms with Crippen molar-refractivity contribution >= 4 is 49.1 Å². The highest BCUT2D eigenvalue weighted by Gasteiger charge is 2.18. The van der Waals surface area contributed by atoms with Gasteiger partial charge < -0.3 is 0 Å². The molecule has 4 heterocycles. The summed E-state index contributed by atoms with van der Waals surface area (Å²) in [5.74, 6) is 0.676. The molecule has 0 bridgehead atoms. The first kappa shape index (κ1) is 31.1. The maximum absolute atomic E-state index is 5.28. The van der Waals surface area contributed by atoms with E-state index in [0.29, 0.717) is 5.82 Å². The number of hydrogen-bond donors (Lipinski definition) is 0. The fourth-order valence-corrected chi connectivity index (χ4v) is 7.99. The van der Waals surface area contributed by atoms with Crippen LogP contribution in [-0.2, 0) is 0 Å².